The molecule has 0 saturated carbocycles. The van der Waals surface area contributed by atoms with E-state index in [0.717, 1.165) is 11.1 Å². The number of hydrogen-bond acceptors (Lipinski definition) is 18. The highest BCUT2D eigenvalue weighted by molar-refractivity contribution is 5.77. The lowest BCUT2D eigenvalue weighted by Crippen LogP contribution is -2.51. The zero-order valence-corrected chi connectivity index (χ0v) is 56.0. The summed E-state index contributed by atoms with van der Waals surface area (Å²) in [5.74, 6) is -8.39. The minimum Gasteiger partial charge on any atom is -0.493 e. The lowest BCUT2D eigenvalue weighted by Gasteiger charge is -2.47. The number of ether oxygens (including phenoxy) is 9. The summed E-state index contributed by atoms with van der Waals surface area (Å²) in [6.07, 6.45) is -11.1. The van der Waals surface area contributed by atoms with Crippen molar-refractivity contribution in [2.75, 3.05) is 81.7 Å². The Hall–Kier alpha value is -5.37. The summed E-state index contributed by atoms with van der Waals surface area (Å²) in [4.78, 5) is 43.0. The summed E-state index contributed by atoms with van der Waals surface area (Å²) in [5, 5.41) is 0. The maximum absolute atomic E-state index is 13.0. The van der Waals surface area contributed by atoms with E-state index in [1.807, 2.05) is 27.7 Å². The second-order valence-corrected chi connectivity index (χ2v) is 26.1. The van der Waals surface area contributed by atoms with Crippen LogP contribution in [-0.4, -0.2) is 151 Å². The van der Waals surface area contributed by atoms with Crippen LogP contribution in [0.5, 0.6) is 34.5 Å². The Morgan fingerprint density at radius 3 is 0.911 bits per heavy atom. The van der Waals surface area contributed by atoms with Crippen LogP contribution in [0, 0.1) is 53.2 Å². The molecule has 504 valence electrons. The molecule has 0 radical (unpaired) electrons. The topological polar surface area (TPSA) is 222 Å². The first-order valence-corrected chi connectivity index (χ1v) is 31.6. The van der Waals surface area contributed by atoms with E-state index in [2.05, 4.69) is 0 Å². The number of methoxy groups -OCH3 is 6. The van der Waals surface area contributed by atoms with E-state index in [1.165, 1.54) is 62.4 Å². The Morgan fingerprint density at radius 2 is 0.689 bits per heavy atom. The third-order valence-corrected chi connectivity index (χ3v) is 16.8. The normalized spacial score (nSPS) is 33.8. The van der Waals surface area contributed by atoms with E-state index >= 15 is 0 Å². The van der Waals surface area contributed by atoms with Gasteiger partial charge in [-0.2, -0.15) is 0 Å². The van der Waals surface area contributed by atoms with Gasteiger partial charge in [-0.25, -0.2) is 0 Å². The molecular weight excluding hydrogens is 1140 g/mol. The van der Waals surface area contributed by atoms with Crippen molar-refractivity contribution in [3.8, 4) is 34.5 Å². The van der Waals surface area contributed by atoms with Gasteiger partial charge >= 0.3 is 17.9 Å². The summed E-state index contributed by atoms with van der Waals surface area (Å²) >= 11 is 0. The molecule has 3 saturated heterocycles. The molecule has 0 aromatic heterocycles. The first-order valence-electron chi connectivity index (χ1n) is 40.6. The van der Waals surface area contributed by atoms with Crippen molar-refractivity contribution >= 4 is 17.9 Å². The number of rotatable bonds is 21. The molecule has 3 aromatic carbocycles. The highest BCUT2D eigenvalue weighted by Gasteiger charge is 2.45. The molecule has 18 nitrogen and oxygen atoms in total. The van der Waals surface area contributed by atoms with E-state index in [4.69, 9.17) is 72.2 Å². The second-order valence-electron chi connectivity index (χ2n) is 26.1. The molecule has 90 heavy (non-hydrogen) atoms. The lowest BCUT2D eigenvalue weighted by atomic mass is 9.79. The molecule has 0 amide bonds. The van der Waals surface area contributed by atoms with Crippen LogP contribution >= 0.6 is 0 Å². The SMILES string of the molecule is [2H]C([2H])([2H])Oc1cc2c(cc1OC)C1N(CC2)C([2H])([2H])C([2H])(CC(C)C)C(OC(=O)[C@@H](N)C(C)C)C1([2H])[2H].[2H]C1([2H])C2c3cc(OC)c(OC)cc3CCN2C([2H])([2H])C([2H])(CC(C)C)C1OC(=O)[C@@H](N)C(C)C.[2H]C1([2H])C2c3cc(OC)c(OC)cc3CCN2C([2H])([2H])C([2H])(CC(C)C)C1OC(=O)[C@@H](N)C(C)C. The standard InChI is InChI=1S/3C24H38N2O4/c3*1-14(2)9-17-13-26-8-7-16-10-21(28-5)22(29-6)11-18(16)19(26)12-20(17)30-24(27)23(25)15(3)4/h3*10-11,14-15,17,19-20,23H,7-9,12-13,25H2,1-6H3/t3*17?,19?,20?,23-/m000/s1/i5D3,12D2,13D2,17D;2*12D2,13D2,17D. The van der Waals surface area contributed by atoms with E-state index in [9.17, 15) is 26.7 Å². The highest BCUT2D eigenvalue weighted by Crippen LogP contribution is 2.48. The van der Waals surface area contributed by atoms with Gasteiger partial charge in [-0.15, -0.1) is 0 Å². The van der Waals surface area contributed by atoms with Crippen LogP contribution in [0.25, 0.3) is 0 Å². The minimum absolute atomic E-state index is 0.00359. The smallest absolute Gasteiger partial charge is 0.323 e. The van der Waals surface area contributed by atoms with E-state index in [-0.39, 0.29) is 92.3 Å². The van der Waals surface area contributed by atoms with Crippen LogP contribution in [0.2, 0.25) is 0 Å². The van der Waals surface area contributed by atoms with Gasteiger partial charge in [-0.1, -0.05) is 83.1 Å². The number of carbonyl (C=O) groups is 3. The van der Waals surface area contributed by atoms with Gasteiger partial charge < -0.3 is 59.8 Å². The molecule has 9 rings (SSSR count). The molecule has 9 unspecified atom stereocenters. The Balaban J connectivity index is 0.000000226. The molecule has 6 heterocycles. The van der Waals surface area contributed by atoms with E-state index < -0.39 is 136 Å². The van der Waals surface area contributed by atoms with E-state index in [1.54, 1.807) is 79.7 Å². The zero-order chi connectivity index (χ0) is 82.0. The largest absolute Gasteiger partial charge is 0.493 e. The Bertz CT molecular complexity index is 3550. The van der Waals surface area contributed by atoms with Crippen molar-refractivity contribution in [2.24, 2.45) is 70.4 Å². The molecular formula is C72H114N6O12. The fraction of sp³-hybridized carbons (Fsp3) is 0.708. The van der Waals surface area contributed by atoms with Gasteiger partial charge in [0.25, 0.3) is 0 Å². The number of nitrogens with two attached hydrogens (primary N) is 3. The van der Waals surface area contributed by atoms with Crippen molar-refractivity contribution in [2.45, 2.75) is 195 Å². The van der Waals surface area contributed by atoms with Gasteiger partial charge in [0.15, 0.2) is 34.5 Å². The molecule has 0 aliphatic carbocycles. The number of carbonyl (C=O) groups excluding carboxylic acids is 3. The van der Waals surface area contributed by atoms with Crippen LogP contribution in [0.4, 0.5) is 0 Å². The van der Waals surface area contributed by atoms with Gasteiger partial charge in [0.05, 0.1) is 46.7 Å². The molecule has 6 aliphatic rings. The third-order valence-electron chi connectivity index (χ3n) is 16.8. The van der Waals surface area contributed by atoms with Gasteiger partial charge in [-0.05, 0) is 144 Å². The fourth-order valence-corrected chi connectivity index (χ4v) is 11.6. The summed E-state index contributed by atoms with van der Waals surface area (Å²) in [7, 11) is 4.58. The minimum atomic E-state index is -2.74. The Morgan fingerprint density at radius 1 is 0.444 bits per heavy atom. The second kappa shape index (κ2) is 32.5. The molecule has 6 aliphatic heterocycles. The Kier molecular flexibility index (Phi) is 18.1. The maximum Gasteiger partial charge on any atom is 0.323 e. The van der Waals surface area contributed by atoms with Gasteiger partial charge in [0, 0.05) is 115 Å². The van der Waals surface area contributed by atoms with Gasteiger partial charge in [0.1, 0.15) is 36.4 Å². The van der Waals surface area contributed by atoms with Crippen molar-refractivity contribution in [3.63, 3.8) is 0 Å². The molecule has 0 spiro atoms. The number of nitrogens with zero attached hydrogens (tertiary/aromatic N) is 3. The van der Waals surface area contributed by atoms with Crippen LogP contribution in [-0.2, 0) is 47.9 Å². The monoisotopic (exact) mass is 1270 g/mol. The molecule has 6 N–H and O–H groups in total. The number of esters is 3. The van der Waals surface area contributed by atoms with Crippen molar-refractivity contribution in [1.29, 1.82) is 0 Å². The summed E-state index contributed by atoms with van der Waals surface area (Å²) in [6, 6.07) is 3.21. The summed E-state index contributed by atoms with van der Waals surface area (Å²) in [5.41, 5.74) is 21.6. The van der Waals surface area contributed by atoms with E-state index in [0.29, 0.717) is 58.1 Å². The maximum atomic E-state index is 13.0. The van der Waals surface area contributed by atoms with Crippen LogP contribution in [0.1, 0.15) is 198 Å². The van der Waals surface area contributed by atoms with Crippen LogP contribution < -0.4 is 45.6 Å². The quantitative estimate of drug-likeness (QED) is 0.0666. The highest BCUT2D eigenvalue weighted by atomic mass is 16.6. The molecule has 12 atom stereocenters. The average Bonchev–Trinajstić information content (AvgIpc) is 0.702. The summed E-state index contributed by atoms with van der Waals surface area (Å²) in [6.45, 7) is 14.9. The summed E-state index contributed by atoms with van der Waals surface area (Å²) < 4.78 is 210. The predicted octanol–water partition coefficient (Wildman–Crippen LogP) is 10.7. The number of hydrogen-bond donors (Lipinski definition) is 3. The van der Waals surface area contributed by atoms with Crippen molar-refractivity contribution in [1.82, 2.24) is 14.7 Å². The predicted molar refractivity (Wildman–Crippen MR) is 353 cm³/mol. The van der Waals surface area contributed by atoms with Crippen molar-refractivity contribution < 1.29 is 81.7 Å². The fourth-order valence-electron chi connectivity index (χ4n) is 11.6. The van der Waals surface area contributed by atoms with Crippen LogP contribution in [0.3, 0.4) is 0 Å². The number of piperidine rings is 3. The van der Waals surface area contributed by atoms with Gasteiger partial charge in [-0.3, -0.25) is 29.1 Å². The molecule has 0 bridgehead atoms. The third kappa shape index (κ3) is 17.5. The van der Waals surface area contributed by atoms with Crippen LogP contribution in [0.15, 0.2) is 36.4 Å². The van der Waals surface area contributed by atoms with Gasteiger partial charge in [0.2, 0.25) is 0 Å². The number of fused-ring (bicyclic) bond motifs is 9. The molecule has 18 heteroatoms. The van der Waals surface area contributed by atoms with Crippen molar-refractivity contribution in [3.05, 3.63) is 69.8 Å². The molecule has 3 aromatic rings. The average molecular weight is 1270 g/mol. The zero-order valence-electron chi connectivity index (χ0n) is 74.0. The Labute approximate surface area is 564 Å². The first kappa shape index (κ1) is 50.2. The lowest BCUT2D eigenvalue weighted by molar-refractivity contribution is -0.161. The first-order chi connectivity index (χ1) is 49.5. The molecule has 3 fully saturated rings. The number of benzene rings is 3.